The maximum absolute atomic E-state index is 12.2. The van der Waals surface area contributed by atoms with E-state index in [4.69, 9.17) is 0 Å². The van der Waals surface area contributed by atoms with Crippen LogP contribution in [-0.4, -0.2) is 35.0 Å². The number of nitrogens with zero attached hydrogens (tertiary/aromatic N) is 1. The van der Waals surface area contributed by atoms with Crippen molar-refractivity contribution in [3.63, 3.8) is 0 Å². The highest BCUT2D eigenvalue weighted by Gasteiger charge is 2.44. The molecule has 2 rings (SSSR count). The Morgan fingerprint density at radius 1 is 1.25 bits per heavy atom. The molecule has 1 unspecified atom stereocenters. The summed E-state index contributed by atoms with van der Waals surface area (Å²) in [6, 6.07) is 0. The molecule has 0 radical (unpaired) electrons. The van der Waals surface area contributed by atoms with Crippen LogP contribution in [0.4, 0.5) is 0 Å². The third-order valence-corrected chi connectivity index (χ3v) is 5.33. The third-order valence-electron chi connectivity index (χ3n) is 5.33. The molecule has 1 heterocycles. The van der Waals surface area contributed by atoms with Gasteiger partial charge in [-0.15, -0.1) is 0 Å². The molecule has 0 aromatic rings. The molecule has 2 aliphatic rings. The van der Waals surface area contributed by atoms with E-state index in [0.717, 1.165) is 6.42 Å². The smallest absolute Gasteiger partial charge is 0.311 e. The molecule has 4 nitrogen and oxygen atoms in total. The molecular formula is C16H27NO3. The summed E-state index contributed by atoms with van der Waals surface area (Å²) in [5, 5.41) is 9.36. The van der Waals surface area contributed by atoms with Crippen molar-refractivity contribution >= 4 is 11.9 Å². The lowest BCUT2D eigenvalue weighted by Crippen LogP contribution is -2.36. The van der Waals surface area contributed by atoms with E-state index in [1.165, 1.54) is 32.1 Å². The summed E-state index contributed by atoms with van der Waals surface area (Å²) in [6.45, 7) is 2.93. The second kappa shape index (κ2) is 6.59. The van der Waals surface area contributed by atoms with E-state index in [0.29, 0.717) is 38.3 Å². The van der Waals surface area contributed by atoms with Gasteiger partial charge in [-0.1, -0.05) is 39.0 Å². The standard InChI is InChI=1S/C16H27NO3/c1-2-16(15(19)20)10-11-17(12-16)14(18)9-8-13-6-4-3-5-7-13/h13H,2-12H2,1H3,(H,19,20). The van der Waals surface area contributed by atoms with Crippen LogP contribution >= 0.6 is 0 Å². The first-order valence-corrected chi connectivity index (χ1v) is 8.08. The first kappa shape index (κ1) is 15.3. The minimum absolute atomic E-state index is 0.159. The van der Waals surface area contributed by atoms with Gasteiger partial charge in [0.2, 0.25) is 5.91 Å². The number of hydrogen-bond donors (Lipinski definition) is 1. The van der Waals surface area contributed by atoms with Crippen molar-refractivity contribution in [2.75, 3.05) is 13.1 Å². The van der Waals surface area contributed by atoms with Gasteiger partial charge < -0.3 is 10.0 Å². The van der Waals surface area contributed by atoms with Gasteiger partial charge in [0.1, 0.15) is 0 Å². The Kier molecular flexibility index (Phi) is 5.06. The van der Waals surface area contributed by atoms with Crippen LogP contribution in [0.1, 0.15) is 64.7 Å². The van der Waals surface area contributed by atoms with Gasteiger partial charge in [-0.2, -0.15) is 0 Å². The molecule has 1 saturated heterocycles. The Labute approximate surface area is 121 Å². The summed E-state index contributed by atoms with van der Waals surface area (Å²) >= 11 is 0. The third kappa shape index (κ3) is 3.33. The topological polar surface area (TPSA) is 57.6 Å². The van der Waals surface area contributed by atoms with E-state index >= 15 is 0 Å². The van der Waals surface area contributed by atoms with Gasteiger partial charge in [0.05, 0.1) is 5.41 Å². The highest BCUT2D eigenvalue weighted by molar-refractivity contribution is 5.80. The molecule has 0 aromatic carbocycles. The van der Waals surface area contributed by atoms with Crippen LogP contribution in [0, 0.1) is 11.3 Å². The first-order chi connectivity index (χ1) is 9.57. The minimum Gasteiger partial charge on any atom is -0.481 e. The van der Waals surface area contributed by atoms with Gasteiger partial charge in [0, 0.05) is 19.5 Å². The highest BCUT2D eigenvalue weighted by atomic mass is 16.4. The maximum Gasteiger partial charge on any atom is 0.311 e. The summed E-state index contributed by atoms with van der Waals surface area (Å²) in [7, 11) is 0. The molecule has 1 N–H and O–H groups in total. The Morgan fingerprint density at radius 3 is 2.50 bits per heavy atom. The van der Waals surface area contributed by atoms with Gasteiger partial charge >= 0.3 is 5.97 Å². The number of carbonyl (C=O) groups excluding carboxylic acids is 1. The summed E-state index contributed by atoms with van der Waals surface area (Å²) in [4.78, 5) is 25.4. The number of amides is 1. The second-order valence-corrected chi connectivity index (χ2v) is 6.55. The van der Waals surface area contributed by atoms with Gasteiger partial charge in [-0.3, -0.25) is 9.59 Å². The molecule has 1 amide bonds. The molecule has 1 aliphatic heterocycles. The van der Waals surface area contributed by atoms with Crippen LogP contribution in [0.3, 0.4) is 0 Å². The molecule has 0 aromatic heterocycles. The van der Waals surface area contributed by atoms with Crippen molar-refractivity contribution in [2.24, 2.45) is 11.3 Å². The number of carboxylic acids is 1. The van der Waals surface area contributed by atoms with Gasteiger partial charge in [-0.25, -0.2) is 0 Å². The number of aliphatic carboxylic acids is 1. The second-order valence-electron chi connectivity index (χ2n) is 6.55. The predicted octanol–water partition coefficient (Wildman–Crippen LogP) is 3.06. The molecule has 114 valence electrons. The lowest BCUT2D eigenvalue weighted by atomic mass is 9.84. The van der Waals surface area contributed by atoms with Gasteiger partial charge in [0.25, 0.3) is 0 Å². The van der Waals surface area contributed by atoms with E-state index in [-0.39, 0.29) is 5.91 Å². The van der Waals surface area contributed by atoms with Crippen molar-refractivity contribution in [1.82, 2.24) is 4.90 Å². The zero-order valence-corrected chi connectivity index (χ0v) is 12.6. The minimum atomic E-state index is -0.748. The number of hydrogen-bond acceptors (Lipinski definition) is 2. The average molecular weight is 281 g/mol. The molecule has 20 heavy (non-hydrogen) atoms. The van der Waals surface area contributed by atoms with Gasteiger partial charge in [-0.05, 0) is 25.2 Å². The SMILES string of the molecule is CCC1(C(=O)O)CCN(C(=O)CCC2CCCCC2)C1. The van der Waals surface area contributed by atoms with E-state index in [9.17, 15) is 14.7 Å². The zero-order chi connectivity index (χ0) is 14.6. The molecule has 2 fully saturated rings. The Hall–Kier alpha value is -1.06. The number of carboxylic acid groups (broad SMARTS) is 1. The van der Waals surface area contributed by atoms with Crippen LogP contribution < -0.4 is 0 Å². The lowest BCUT2D eigenvalue weighted by Gasteiger charge is -2.24. The van der Waals surface area contributed by atoms with Crippen molar-refractivity contribution in [3.8, 4) is 0 Å². The van der Waals surface area contributed by atoms with E-state index < -0.39 is 11.4 Å². The largest absolute Gasteiger partial charge is 0.481 e. The molecule has 1 saturated carbocycles. The first-order valence-electron chi connectivity index (χ1n) is 8.08. The average Bonchev–Trinajstić information content (AvgIpc) is 2.92. The van der Waals surface area contributed by atoms with Crippen LogP contribution in [0.15, 0.2) is 0 Å². The Balaban J connectivity index is 1.80. The van der Waals surface area contributed by atoms with Crippen LogP contribution in [0.5, 0.6) is 0 Å². The van der Waals surface area contributed by atoms with Crippen molar-refractivity contribution < 1.29 is 14.7 Å². The normalized spacial score (nSPS) is 27.8. The fourth-order valence-electron chi connectivity index (χ4n) is 3.66. The monoisotopic (exact) mass is 281 g/mol. The quantitative estimate of drug-likeness (QED) is 0.842. The summed E-state index contributed by atoms with van der Waals surface area (Å²) in [5.41, 5.74) is -0.694. The fourth-order valence-corrected chi connectivity index (χ4v) is 3.66. The Morgan fingerprint density at radius 2 is 1.95 bits per heavy atom. The van der Waals surface area contributed by atoms with Crippen molar-refractivity contribution in [3.05, 3.63) is 0 Å². The zero-order valence-electron chi connectivity index (χ0n) is 12.6. The summed E-state index contributed by atoms with van der Waals surface area (Å²) in [6.07, 6.45) is 9.28. The maximum atomic E-state index is 12.2. The predicted molar refractivity (Wildman–Crippen MR) is 77.4 cm³/mol. The highest BCUT2D eigenvalue weighted by Crippen LogP contribution is 2.35. The fraction of sp³-hybridized carbons (Fsp3) is 0.875. The number of rotatable bonds is 5. The van der Waals surface area contributed by atoms with Crippen LogP contribution in [0.25, 0.3) is 0 Å². The summed E-state index contributed by atoms with van der Waals surface area (Å²) in [5.74, 6) is 0.125. The molecule has 1 aliphatic carbocycles. The molecule has 0 spiro atoms. The molecule has 4 heteroatoms. The van der Waals surface area contributed by atoms with E-state index in [1.54, 1.807) is 4.90 Å². The van der Waals surface area contributed by atoms with Crippen LogP contribution in [0.2, 0.25) is 0 Å². The number of likely N-dealkylation sites (tertiary alicyclic amines) is 1. The van der Waals surface area contributed by atoms with E-state index in [2.05, 4.69) is 0 Å². The Bertz CT molecular complexity index is 363. The molecular weight excluding hydrogens is 254 g/mol. The van der Waals surface area contributed by atoms with Crippen LogP contribution in [-0.2, 0) is 9.59 Å². The molecule has 0 bridgehead atoms. The van der Waals surface area contributed by atoms with Crippen molar-refractivity contribution in [1.29, 1.82) is 0 Å². The lowest BCUT2D eigenvalue weighted by molar-refractivity contribution is -0.148. The van der Waals surface area contributed by atoms with Gasteiger partial charge in [0.15, 0.2) is 0 Å². The summed E-state index contributed by atoms with van der Waals surface area (Å²) < 4.78 is 0. The van der Waals surface area contributed by atoms with E-state index in [1.807, 2.05) is 6.92 Å². The molecule has 1 atom stereocenters. The van der Waals surface area contributed by atoms with Crippen molar-refractivity contribution in [2.45, 2.75) is 64.7 Å². The number of carbonyl (C=O) groups is 2.